The Bertz CT molecular complexity index is 450. The van der Waals surface area contributed by atoms with E-state index >= 15 is 0 Å². The van der Waals surface area contributed by atoms with Crippen LogP contribution < -0.4 is 5.32 Å². The molecule has 1 aliphatic rings. The lowest BCUT2D eigenvalue weighted by Gasteiger charge is -2.21. The lowest BCUT2D eigenvalue weighted by atomic mass is 9.93. The first-order valence-corrected chi connectivity index (χ1v) is 7.69. The number of benzene rings is 1. The van der Waals surface area contributed by atoms with Gasteiger partial charge in [0.25, 0.3) is 0 Å². The predicted molar refractivity (Wildman–Crippen MR) is 76.9 cm³/mol. The minimum absolute atomic E-state index is 0.126. The highest BCUT2D eigenvalue weighted by atomic mass is 79.9. The van der Waals surface area contributed by atoms with Crippen LogP contribution in [0.25, 0.3) is 0 Å². The summed E-state index contributed by atoms with van der Waals surface area (Å²) < 4.78 is 27.8. The Balaban J connectivity index is 2.02. The zero-order valence-corrected chi connectivity index (χ0v) is 12.9. The maximum Gasteiger partial charge on any atom is 0.144 e. The molecule has 0 bridgehead atoms. The first kappa shape index (κ1) is 14.9. The summed E-state index contributed by atoms with van der Waals surface area (Å²) in [6.45, 7) is 4.69. The van der Waals surface area contributed by atoms with Crippen molar-refractivity contribution in [3.63, 3.8) is 0 Å². The summed E-state index contributed by atoms with van der Waals surface area (Å²) in [4.78, 5) is 0. The molecule has 106 valence electrons. The average Bonchev–Trinajstić information content (AvgIpc) is 2.75. The Kier molecular flexibility index (Phi) is 4.96. The molecule has 0 spiro atoms. The van der Waals surface area contributed by atoms with E-state index in [0.717, 1.165) is 12.3 Å². The normalized spacial score (nSPS) is 26.9. The minimum atomic E-state index is -0.495. The lowest BCUT2D eigenvalue weighted by Crippen LogP contribution is -2.32. The highest BCUT2D eigenvalue weighted by molar-refractivity contribution is 9.10. The third-order valence-electron chi connectivity index (χ3n) is 4.43. The van der Waals surface area contributed by atoms with Crippen molar-refractivity contribution >= 4 is 15.9 Å². The van der Waals surface area contributed by atoms with Gasteiger partial charge in [0.2, 0.25) is 0 Å². The molecule has 3 unspecified atom stereocenters. The highest BCUT2D eigenvalue weighted by Crippen LogP contribution is 2.34. The SMILES string of the molecule is CCC1CCC(NCc2c(F)ccc(Br)c2F)C1C. The van der Waals surface area contributed by atoms with Gasteiger partial charge in [0, 0.05) is 18.2 Å². The van der Waals surface area contributed by atoms with Crippen LogP contribution >= 0.6 is 15.9 Å². The summed E-state index contributed by atoms with van der Waals surface area (Å²) in [6, 6.07) is 3.07. The summed E-state index contributed by atoms with van der Waals surface area (Å²) in [5.74, 6) is 0.328. The van der Waals surface area contributed by atoms with Crippen molar-refractivity contribution in [1.82, 2.24) is 5.32 Å². The van der Waals surface area contributed by atoms with Crippen LogP contribution in [0.5, 0.6) is 0 Å². The van der Waals surface area contributed by atoms with Crippen molar-refractivity contribution in [1.29, 1.82) is 0 Å². The molecule has 1 aromatic carbocycles. The van der Waals surface area contributed by atoms with Crippen LogP contribution in [0, 0.1) is 23.5 Å². The molecule has 0 heterocycles. The molecule has 0 saturated heterocycles. The van der Waals surface area contributed by atoms with Crippen LogP contribution in [0.4, 0.5) is 8.78 Å². The van der Waals surface area contributed by atoms with Crippen LogP contribution in [0.3, 0.4) is 0 Å². The second-order valence-electron chi connectivity index (χ2n) is 5.41. The standard InChI is InChI=1S/C15H20BrF2N/c1-3-10-4-7-14(9(10)2)19-8-11-13(17)6-5-12(16)15(11)18/h5-6,9-10,14,19H,3-4,7-8H2,1-2H3. The molecular formula is C15H20BrF2N. The quantitative estimate of drug-likeness (QED) is 0.792. The third-order valence-corrected chi connectivity index (χ3v) is 5.04. The average molecular weight is 332 g/mol. The van der Waals surface area contributed by atoms with Gasteiger partial charge in [-0.15, -0.1) is 0 Å². The first-order chi connectivity index (χ1) is 9.04. The van der Waals surface area contributed by atoms with Gasteiger partial charge in [-0.05, 0) is 52.7 Å². The van der Waals surface area contributed by atoms with Crippen molar-refractivity contribution in [3.8, 4) is 0 Å². The molecule has 1 aliphatic carbocycles. The van der Waals surface area contributed by atoms with E-state index in [2.05, 4.69) is 35.1 Å². The molecule has 3 atom stereocenters. The summed E-state index contributed by atoms with van der Waals surface area (Å²) in [7, 11) is 0. The maximum absolute atomic E-state index is 13.8. The van der Waals surface area contributed by atoms with Crippen LogP contribution in [0.2, 0.25) is 0 Å². The zero-order valence-electron chi connectivity index (χ0n) is 11.3. The van der Waals surface area contributed by atoms with Crippen LogP contribution in [0.1, 0.15) is 38.7 Å². The molecule has 2 rings (SSSR count). The van der Waals surface area contributed by atoms with Gasteiger partial charge in [-0.25, -0.2) is 8.78 Å². The van der Waals surface area contributed by atoms with E-state index in [0.29, 0.717) is 16.4 Å². The Morgan fingerprint density at radius 2 is 2.05 bits per heavy atom. The largest absolute Gasteiger partial charge is 0.309 e. The predicted octanol–water partition coefficient (Wildman–Crippen LogP) is 4.64. The van der Waals surface area contributed by atoms with Gasteiger partial charge in [0.15, 0.2) is 0 Å². The third kappa shape index (κ3) is 3.16. The van der Waals surface area contributed by atoms with Gasteiger partial charge in [-0.1, -0.05) is 20.3 Å². The van der Waals surface area contributed by atoms with Crippen LogP contribution in [-0.4, -0.2) is 6.04 Å². The Labute approximate surface area is 121 Å². The molecular weight excluding hydrogens is 312 g/mol. The molecule has 0 radical (unpaired) electrons. The number of rotatable bonds is 4. The van der Waals surface area contributed by atoms with Crippen molar-refractivity contribution in [2.45, 2.75) is 45.7 Å². The number of hydrogen-bond donors (Lipinski definition) is 1. The molecule has 1 N–H and O–H groups in total. The molecule has 0 aliphatic heterocycles. The van der Waals surface area contributed by atoms with Gasteiger partial charge < -0.3 is 5.32 Å². The van der Waals surface area contributed by atoms with Crippen molar-refractivity contribution in [2.24, 2.45) is 11.8 Å². The molecule has 1 aromatic rings. The van der Waals surface area contributed by atoms with Gasteiger partial charge in [0.05, 0.1) is 4.47 Å². The topological polar surface area (TPSA) is 12.0 Å². The minimum Gasteiger partial charge on any atom is -0.309 e. The van der Waals surface area contributed by atoms with Crippen molar-refractivity contribution in [2.75, 3.05) is 0 Å². The molecule has 1 saturated carbocycles. The first-order valence-electron chi connectivity index (χ1n) is 6.90. The summed E-state index contributed by atoms with van der Waals surface area (Å²) >= 11 is 3.10. The Morgan fingerprint density at radius 1 is 1.32 bits per heavy atom. The van der Waals surface area contributed by atoms with Gasteiger partial charge in [-0.3, -0.25) is 0 Å². The second kappa shape index (κ2) is 6.31. The van der Waals surface area contributed by atoms with E-state index in [1.807, 2.05) is 0 Å². The summed E-state index contributed by atoms with van der Waals surface area (Å²) in [5, 5.41) is 3.32. The van der Waals surface area contributed by atoms with Crippen molar-refractivity contribution < 1.29 is 8.78 Å². The second-order valence-corrected chi connectivity index (χ2v) is 6.27. The van der Waals surface area contributed by atoms with Gasteiger partial charge >= 0.3 is 0 Å². The lowest BCUT2D eigenvalue weighted by molar-refractivity contribution is 0.341. The van der Waals surface area contributed by atoms with E-state index in [1.54, 1.807) is 0 Å². The number of halogens is 3. The van der Waals surface area contributed by atoms with Gasteiger partial charge in [0.1, 0.15) is 11.6 Å². The fourth-order valence-electron chi connectivity index (χ4n) is 3.08. The highest BCUT2D eigenvalue weighted by Gasteiger charge is 2.31. The van der Waals surface area contributed by atoms with Gasteiger partial charge in [-0.2, -0.15) is 0 Å². The molecule has 19 heavy (non-hydrogen) atoms. The van der Waals surface area contributed by atoms with E-state index in [9.17, 15) is 8.78 Å². The van der Waals surface area contributed by atoms with E-state index < -0.39 is 11.6 Å². The Morgan fingerprint density at radius 3 is 2.68 bits per heavy atom. The molecule has 4 heteroatoms. The Hall–Kier alpha value is -0.480. The molecule has 0 amide bonds. The molecule has 1 nitrogen and oxygen atoms in total. The smallest absolute Gasteiger partial charge is 0.144 e. The number of hydrogen-bond acceptors (Lipinski definition) is 1. The fraction of sp³-hybridized carbons (Fsp3) is 0.600. The van der Waals surface area contributed by atoms with Crippen molar-refractivity contribution in [3.05, 3.63) is 33.8 Å². The molecule has 0 aromatic heterocycles. The maximum atomic E-state index is 13.8. The van der Waals surface area contributed by atoms with Crippen LogP contribution in [-0.2, 0) is 6.54 Å². The van der Waals surface area contributed by atoms with E-state index in [1.165, 1.54) is 25.0 Å². The van der Waals surface area contributed by atoms with E-state index in [-0.39, 0.29) is 12.1 Å². The van der Waals surface area contributed by atoms with Crippen LogP contribution in [0.15, 0.2) is 16.6 Å². The fourth-order valence-corrected chi connectivity index (χ4v) is 3.45. The monoisotopic (exact) mass is 331 g/mol. The van der Waals surface area contributed by atoms with E-state index in [4.69, 9.17) is 0 Å². The summed E-state index contributed by atoms with van der Waals surface area (Å²) in [5.41, 5.74) is 0.126. The molecule has 1 fully saturated rings. The number of nitrogens with one attached hydrogen (secondary N) is 1. The zero-order chi connectivity index (χ0) is 14.0. The summed E-state index contributed by atoms with van der Waals surface area (Å²) in [6.07, 6.45) is 3.48.